The van der Waals surface area contributed by atoms with E-state index in [1.807, 2.05) is 0 Å². The van der Waals surface area contributed by atoms with Crippen LogP contribution in [0.15, 0.2) is 48.2 Å². The van der Waals surface area contributed by atoms with Gasteiger partial charge in [0.15, 0.2) is 0 Å². The van der Waals surface area contributed by atoms with Crippen LogP contribution in [0.5, 0.6) is 0 Å². The molecule has 2 aromatic carbocycles. The highest BCUT2D eigenvalue weighted by atomic mass is 35.5. The van der Waals surface area contributed by atoms with Gasteiger partial charge < -0.3 is 10.6 Å². The van der Waals surface area contributed by atoms with Crippen LogP contribution in [0.2, 0.25) is 10.0 Å². The average Bonchev–Trinajstić information content (AvgIpc) is 2.63. The highest BCUT2D eigenvalue weighted by Gasteiger charge is 2.34. The van der Waals surface area contributed by atoms with Crippen molar-refractivity contribution in [3.8, 4) is 6.07 Å². The Bertz CT molecular complexity index is 1040. The second-order valence-electron chi connectivity index (χ2n) is 5.65. The van der Waals surface area contributed by atoms with Crippen LogP contribution >= 0.6 is 23.2 Å². The third-order valence-corrected chi connectivity index (χ3v) is 4.12. The van der Waals surface area contributed by atoms with Crippen molar-refractivity contribution in [2.75, 3.05) is 10.6 Å². The molecule has 2 N–H and O–H groups in total. The number of anilines is 2. The molecule has 0 heterocycles. The highest BCUT2D eigenvalue weighted by molar-refractivity contribution is 6.31. The van der Waals surface area contributed by atoms with E-state index in [4.69, 9.17) is 28.5 Å². The summed E-state index contributed by atoms with van der Waals surface area (Å²) in [7, 11) is 0. The van der Waals surface area contributed by atoms with Gasteiger partial charge in [0.25, 0.3) is 5.91 Å². The van der Waals surface area contributed by atoms with Gasteiger partial charge in [-0.3, -0.25) is 4.79 Å². The molecule has 0 aliphatic rings. The normalized spacial score (nSPS) is 12.3. The molecule has 0 saturated carbocycles. The van der Waals surface area contributed by atoms with Gasteiger partial charge in [0.05, 0.1) is 21.8 Å². The largest absolute Gasteiger partial charge is 0.418 e. The Morgan fingerprint density at radius 3 is 2.17 bits per heavy atom. The Hall–Kier alpha value is -2.90. The molecule has 158 valence electrons. The predicted molar refractivity (Wildman–Crippen MR) is 98.9 cm³/mol. The lowest BCUT2D eigenvalue weighted by molar-refractivity contribution is -0.138. The Kier molecular flexibility index (Phi) is 6.90. The number of amides is 1. The molecule has 0 fully saturated rings. The van der Waals surface area contributed by atoms with Crippen LogP contribution < -0.4 is 10.6 Å². The molecule has 1 amide bonds. The van der Waals surface area contributed by atoms with E-state index in [0.717, 1.165) is 24.3 Å². The van der Waals surface area contributed by atoms with E-state index in [1.54, 1.807) is 0 Å². The third-order valence-electron chi connectivity index (χ3n) is 3.55. The number of nitrogens with one attached hydrogen (secondary N) is 2. The summed E-state index contributed by atoms with van der Waals surface area (Å²) in [6.07, 6.45) is -8.86. The summed E-state index contributed by atoms with van der Waals surface area (Å²) >= 11 is 11.0. The van der Waals surface area contributed by atoms with Gasteiger partial charge in [-0.05, 0) is 36.4 Å². The Balaban J connectivity index is 2.27. The summed E-state index contributed by atoms with van der Waals surface area (Å²) in [5.41, 5.74) is -3.85. The zero-order valence-electron chi connectivity index (χ0n) is 14.4. The number of nitriles is 1. The number of alkyl halides is 6. The molecule has 0 atom stereocenters. The fourth-order valence-corrected chi connectivity index (χ4v) is 2.59. The van der Waals surface area contributed by atoms with Crippen LogP contribution in [-0.2, 0) is 17.1 Å². The number of nitrogens with zero attached hydrogens (tertiary/aromatic N) is 1. The van der Waals surface area contributed by atoms with Gasteiger partial charge in [-0.2, -0.15) is 31.6 Å². The molecule has 2 aromatic rings. The monoisotopic (exact) mass is 467 g/mol. The Morgan fingerprint density at radius 1 is 0.967 bits per heavy atom. The van der Waals surface area contributed by atoms with E-state index in [-0.39, 0.29) is 10.7 Å². The predicted octanol–water partition coefficient (Wildman–Crippen LogP) is 6.49. The number of rotatable bonds is 4. The molecule has 0 bridgehead atoms. The molecule has 4 nitrogen and oxygen atoms in total. The molecular formula is C18H9Cl2F6N3O. The summed E-state index contributed by atoms with van der Waals surface area (Å²) < 4.78 is 77.9. The molecule has 0 radical (unpaired) electrons. The van der Waals surface area contributed by atoms with Crippen molar-refractivity contribution in [3.63, 3.8) is 0 Å². The molecule has 0 aliphatic heterocycles. The van der Waals surface area contributed by atoms with Crippen LogP contribution in [0.25, 0.3) is 0 Å². The first kappa shape index (κ1) is 23.4. The van der Waals surface area contributed by atoms with Crippen LogP contribution in [0.3, 0.4) is 0 Å². The standard InChI is InChI=1S/C18H9Cl2F6N3O/c19-10-1-4-15(13(5-10)18(24,25)26)28-8-9(7-27)16(30)29-11-2-3-14(20)12(6-11)17(21,22)23/h1-6,8,28H,(H,29,30)/b9-8-. The fourth-order valence-electron chi connectivity index (χ4n) is 2.19. The van der Waals surface area contributed by atoms with E-state index in [9.17, 15) is 31.1 Å². The number of benzene rings is 2. The molecule has 0 unspecified atom stereocenters. The van der Waals surface area contributed by atoms with E-state index in [0.29, 0.717) is 18.3 Å². The zero-order chi connectivity index (χ0) is 22.7. The summed E-state index contributed by atoms with van der Waals surface area (Å²) in [5.74, 6) is -1.15. The molecule has 0 spiro atoms. The summed E-state index contributed by atoms with van der Waals surface area (Å²) in [6.45, 7) is 0. The fraction of sp³-hybridized carbons (Fsp3) is 0.111. The van der Waals surface area contributed by atoms with Crippen molar-refractivity contribution >= 4 is 40.5 Å². The average molecular weight is 468 g/mol. The van der Waals surface area contributed by atoms with E-state index < -0.39 is 45.7 Å². The van der Waals surface area contributed by atoms with Crippen LogP contribution in [0, 0.1) is 11.3 Å². The Labute approximate surface area is 175 Å². The van der Waals surface area contributed by atoms with Crippen LogP contribution in [0.1, 0.15) is 11.1 Å². The van der Waals surface area contributed by atoms with Gasteiger partial charge >= 0.3 is 12.4 Å². The van der Waals surface area contributed by atoms with E-state index >= 15 is 0 Å². The second kappa shape index (κ2) is 8.85. The molecule has 30 heavy (non-hydrogen) atoms. The van der Waals surface area contributed by atoms with Gasteiger partial charge in [-0.25, -0.2) is 0 Å². The molecular weight excluding hydrogens is 459 g/mol. The van der Waals surface area contributed by atoms with Crippen molar-refractivity contribution in [2.45, 2.75) is 12.4 Å². The lowest BCUT2D eigenvalue weighted by Crippen LogP contribution is -2.16. The summed E-state index contributed by atoms with van der Waals surface area (Å²) in [6, 6.07) is 6.77. The summed E-state index contributed by atoms with van der Waals surface area (Å²) in [4.78, 5) is 12.1. The molecule has 0 aromatic heterocycles. The topological polar surface area (TPSA) is 64.9 Å². The van der Waals surface area contributed by atoms with Crippen LogP contribution in [0.4, 0.5) is 37.7 Å². The first-order chi connectivity index (χ1) is 13.8. The van der Waals surface area contributed by atoms with Crippen molar-refractivity contribution in [1.29, 1.82) is 5.26 Å². The number of hydrogen-bond donors (Lipinski definition) is 2. The van der Waals surface area contributed by atoms with Gasteiger partial charge in [-0.15, -0.1) is 0 Å². The minimum absolute atomic E-state index is 0.182. The zero-order valence-corrected chi connectivity index (χ0v) is 15.9. The number of carbonyl (C=O) groups excluding carboxylic acids is 1. The minimum atomic E-state index is -4.78. The lowest BCUT2D eigenvalue weighted by atomic mass is 10.1. The Morgan fingerprint density at radius 2 is 1.60 bits per heavy atom. The van der Waals surface area contributed by atoms with E-state index in [1.165, 1.54) is 6.07 Å². The minimum Gasteiger partial charge on any atom is -0.360 e. The van der Waals surface area contributed by atoms with Crippen molar-refractivity contribution in [3.05, 3.63) is 69.3 Å². The van der Waals surface area contributed by atoms with Gasteiger partial charge in [0, 0.05) is 16.9 Å². The second-order valence-corrected chi connectivity index (χ2v) is 6.49. The van der Waals surface area contributed by atoms with Crippen molar-refractivity contribution < 1.29 is 31.1 Å². The molecule has 0 aliphatic carbocycles. The molecule has 12 heteroatoms. The van der Waals surface area contributed by atoms with E-state index in [2.05, 4.69) is 10.6 Å². The van der Waals surface area contributed by atoms with Gasteiger partial charge in [0.2, 0.25) is 0 Å². The molecule has 2 rings (SSSR count). The number of carbonyl (C=O) groups is 1. The lowest BCUT2D eigenvalue weighted by Gasteiger charge is -2.13. The maximum atomic E-state index is 13.1. The maximum absolute atomic E-state index is 13.1. The van der Waals surface area contributed by atoms with Crippen molar-refractivity contribution in [1.82, 2.24) is 0 Å². The quantitative estimate of drug-likeness (QED) is 0.307. The SMILES string of the molecule is N#C/C(=C/Nc1ccc(Cl)cc1C(F)(F)F)C(=O)Nc1ccc(Cl)c(C(F)(F)F)c1. The first-order valence-electron chi connectivity index (χ1n) is 7.74. The highest BCUT2D eigenvalue weighted by Crippen LogP contribution is 2.37. The maximum Gasteiger partial charge on any atom is 0.418 e. The van der Waals surface area contributed by atoms with Gasteiger partial charge in [-0.1, -0.05) is 23.2 Å². The van der Waals surface area contributed by atoms with Crippen LogP contribution in [-0.4, -0.2) is 5.91 Å². The number of halogens is 8. The molecule has 0 saturated heterocycles. The van der Waals surface area contributed by atoms with Crippen molar-refractivity contribution in [2.24, 2.45) is 0 Å². The third kappa shape index (κ3) is 5.81. The smallest absolute Gasteiger partial charge is 0.360 e. The number of hydrogen-bond acceptors (Lipinski definition) is 3. The summed E-state index contributed by atoms with van der Waals surface area (Å²) in [5, 5.41) is 12.5. The van der Waals surface area contributed by atoms with Gasteiger partial charge in [0.1, 0.15) is 11.6 Å². The first-order valence-corrected chi connectivity index (χ1v) is 8.50.